The van der Waals surface area contributed by atoms with Crippen molar-refractivity contribution in [2.75, 3.05) is 11.9 Å². The van der Waals surface area contributed by atoms with Gasteiger partial charge in [0.25, 0.3) is 5.91 Å². The number of nitrogens with zero attached hydrogens (tertiary/aromatic N) is 1. The Morgan fingerprint density at radius 2 is 2.00 bits per heavy atom. The normalized spacial score (nSPS) is 11.2. The third-order valence-corrected chi connectivity index (χ3v) is 3.06. The first-order valence-corrected chi connectivity index (χ1v) is 6.99. The monoisotopic (exact) mass is 297 g/mol. The maximum absolute atomic E-state index is 11.7. The number of anilines is 1. The molecule has 0 saturated carbocycles. The zero-order valence-corrected chi connectivity index (χ0v) is 12.7. The van der Waals surface area contributed by atoms with Crippen molar-refractivity contribution in [3.8, 4) is 0 Å². The van der Waals surface area contributed by atoms with Crippen molar-refractivity contribution < 1.29 is 9.21 Å². The molecule has 22 heavy (non-hydrogen) atoms. The molecule has 0 bridgehead atoms. The van der Waals surface area contributed by atoms with Crippen LogP contribution in [0.4, 0.5) is 5.69 Å². The molecular weight excluding hydrogens is 278 g/mol. The maximum Gasteiger partial charge on any atom is 0.259 e. The molecule has 1 heterocycles. The van der Waals surface area contributed by atoms with Gasteiger partial charge in [-0.05, 0) is 49.3 Å². The van der Waals surface area contributed by atoms with Crippen molar-refractivity contribution >= 4 is 23.9 Å². The van der Waals surface area contributed by atoms with E-state index >= 15 is 0 Å². The van der Waals surface area contributed by atoms with E-state index in [-0.39, 0.29) is 12.5 Å². The van der Waals surface area contributed by atoms with Crippen LogP contribution in [0.25, 0.3) is 6.08 Å². The molecule has 2 N–H and O–H groups in total. The molecule has 0 atom stereocenters. The van der Waals surface area contributed by atoms with Crippen LogP contribution in [0.3, 0.4) is 0 Å². The number of rotatable bonds is 6. The lowest BCUT2D eigenvalue weighted by Crippen LogP contribution is -2.26. The lowest BCUT2D eigenvalue weighted by molar-refractivity contribution is -0.119. The van der Waals surface area contributed by atoms with Gasteiger partial charge in [0.15, 0.2) is 0 Å². The predicted molar refractivity (Wildman–Crippen MR) is 88.8 cm³/mol. The molecule has 1 aromatic carbocycles. The largest absolute Gasteiger partial charge is 0.465 e. The van der Waals surface area contributed by atoms with E-state index in [1.165, 1.54) is 6.21 Å². The number of aryl methyl sites for hydroxylation is 2. The number of hydrazone groups is 1. The highest BCUT2D eigenvalue weighted by molar-refractivity contribution is 5.83. The van der Waals surface area contributed by atoms with E-state index < -0.39 is 0 Å². The van der Waals surface area contributed by atoms with Gasteiger partial charge in [-0.1, -0.05) is 18.2 Å². The fraction of sp³-hybridized carbons (Fsp3) is 0.176. The van der Waals surface area contributed by atoms with Gasteiger partial charge in [0, 0.05) is 11.9 Å². The molecule has 0 aliphatic heterocycles. The summed E-state index contributed by atoms with van der Waals surface area (Å²) in [7, 11) is 0. The quantitative estimate of drug-likeness (QED) is 0.636. The van der Waals surface area contributed by atoms with Gasteiger partial charge in [-0.3, -0.25) is 4.79 Å². The molecule has 0 aliphatic rings. The minimum absolute atomic E-state index is 0.172. The van der Waals surface area contributed by atoms with E-state index in [2.05, 4.69) is 15.8 Å². The van der Waals surface area contributed by atoms with E-state index in [1.807, 2.05) is 38.1 Å². The van der Waals surface area contributed by atoms with E-state index in [4.69, 9.17) is 4.42 Å². The molecular formula is C17H19N3O2. The third-order valence-electron chi connectivity index (χ3n) is 3.06. The highest BCUT2D eigenvalue weighted by atomic mass is 16.3. The second kappa shape index (κ2) is 7.83. The number of allylic oxidation sites excluding steroid dienone is 1. The third kappa shape index (κ3) is 4.63. The molecule has 0 fully saturated rings. The standard InChI is InChI=1S/C17H19N3O2/c1-13-6-3-7-14(2)17(13)18-12-16(21)20-19-10-4-8-15-9-5-11-22-15/h3-11,18H,12H2,1-2H3,(H,20,21)/b8-4+,19-10+. The highest BCUT2D eigenvalue weighted by Crippen LogP contribution is 2.18. The number of carbonyl (C=O) groups is 1. The maximum atomic E-state index is 11.7. The van der Waals surface area contributed by atoms with Crippen LogP contribution in [0.1, 0.15) is 16.9 Å². The van der Waals surface area contributed by atoms with Crippen LogP contribution in [0.2, 0.25) is 0 Å². The van der Waals surface area contributed by atoms with Crippen molar-refractivity contribution in [1.82, 2.24) is 5.43 Å². The van der Waals surface area contributed by atoms with Crippen LogP contribution in [0, 0.1) is 13.8 Å². The van der Waals surface area contributed by atoms with Gasteiger partial charge in [-0.25, -0.2) is 5.43 Å². The molecule has 5 nitrogen and oxygen atoms in total. The van der Waals surface area contributed by atoms with Crippen molar-refractivity contribution in [2.24, 2.45) is 5.10 Å². The molecule has 114 valence electrons. The van der Waals surface area contributed by atoms with E-state index in [1.54, 1.807) is 24.5 Å². The Morgan fingerprint density at radius 3 is 2.68 bits per heavy atom. The summed E-state index contributed by atoms with van der Waals surface area (Å²) in [5.74, 6) is 0.528. The van der Waals surface area contributed by atoms with E-state index in [9.17, 15) is 4.79 Å². The SMILES string of the molecule is Cc1cccc(C)c1NCC(=O)N/N=C/C=C/c1ccco1. The molecule has 5 heteroatoms. The topological polar surface area (TPSA) is 66.6 Å². The second-order valence-electron chi connectivity index (χ2n) is 4.81. The smallest absolute Gasteiger partial charge is 0.259 e. The number of nitrogens with one attached hydrogen (secondary N) is 2. The molecule has 0 radical (unpaired) electrons. The number of benzene rings is 1. The lowest BCUT2D eigenvalue weighted by atomic mass is 10.1. The van der Waals surface area contributed by atoms with Crippen LogP contribution in [-0.2, 0) is 4.79 Å². The predicted octanol–water partition coefficient (Wildman–Crippen LogP) is 3.12. The lowest BCUT2D eigenvalue weighted by Gasteiger charge is -2.11. The molecule has 0 spiro atoms. The molecule has 0 unspecified atom stereocenters. The Hall–Kier alpha value is -2.82. The fourth-order valence-electron chi connectivity index (χ4n) is 1.98. The zero-order valence-electron chi connectivity index (χ0n) is 12.7. The number of amides is 1. The van der Waals surface area contributed by atoms with Gasteiger partial charge >= 0.3 is 0 Å². The molecule has 0 aliphatic carbocycles. The van der Waals surface area contributed by atoms with Crippen LogP contribution in [0.5, 0.6) is 0 Å². The van der Waals surface area contributed by atoms with E-state index in [0.29, 0.717) is 0 Å². The average molecular weight is 297 g/mol. The summed E-state index contributed by atoms with van der Waals surface area (Å²) in [4.78, 5) is 11.7. The summed E-state index contributed by atoms with van der Waals surface area (Å²) >= 11 is 0. The number of hydrogen-bond donors (Lipinski definition) is 2. The molecule has 1 aromatic heterocycles. The Balaban J connectivity index is 1.76. The van der Waals surface area contributed by atoms with Gasteiger partial charge in [0.2, 0.25) is 0 Å². The van der Waals surface area contributed by atoms with Crippen LogP contribution in [-0.4, -0.2) is 18.7 Å². The van der Waals surface area contributed by atoms with Gasteiger partial charge in [-0.15, -0.1) is 0 Å². The Morgan fingerprint density at radius 1 is 1.23 bits per heavy atom. The zero-order chi connectivity index (χ0) is 15.8. The van der Waals surface area contributed by atoms with Crippen LogP contribution in [0.15, 0.2) is 52.2 Å². The van der Waals surface area contributed by atoms with E-state index in [0.717, 1.165) is 22.6 Å². The Labute approximate surface area is 129 Å². The van der Waals surface area contributed by atoms with Gasteiger partial charge in [0.05, 0.1) is 12.8 Å². The summed E-state index contributed by atoms with van der Waals surface area (Å²) in [5, 5.41) is 6.96. The van der Waals surface area contributed by atoms with Crippen LogP contribution >= 0.6 is 0 Å². The molecule has 2 rings (SSSR count). The summed E-state index contributed by atoms with van der Waals surface area (Å²) < 4.78 is 5.13. The molecule has 1 amide bonds. The summed E-state index contributed by atoms with van der Waals surface area (Å²) in [6.07, 6.45) is 6.54. The summed E-state index contributed by atoms with van der Waals surface area (Å²) in [6.45, 7) is 4.18. The molecule has 0 saturated heterocycles. The van der Waals surface area contributed by atoms with Crippen molar-refractivity contribution in [3.63, 3.8) is 0 Å². The van der Waals surface area contributed by atoms with Crippen LogP contribution < -0.4 is 10.7 Å². The molecule has 2 aromatic rings. The number of para-hydroxylation sites is 1. The summed E-state index contributed by atoms with van der Waals surface area (Å²) in [5.41, 5.74) is 5.66. The first-order valence-electron chi connectivity index (χ1n) is 6.99. The highest BCUT2D eigenvalue weighted by Gasteiger charge is 2.03. The number of carbonyl (C=O) groups excluding carboxylic acids is 1. The van der Waals surface area contributed by atoms with Crippen molar-refractivity contribution in [2.45, 2.75) is 13.8 Å². The van der Waals surface area contributed by atoms with Crippen molar-refractivity contribution in [3.05, 3.63) is 59.6 Å². The second-order valence-corrected chi connectivity index (χ2v) is 4.81. The van der Waals surface area contributed by atoms with Crippen molar-refractivity contribution in [1.29, 1.82) is 0 Å². The summed E-state index contributed by atoms with van der Waals surface area (Å²) in [6, 6.07) is 9.64. The van der Waals surface area contributed by atoms with Gasteiger partial charge < -0.3 is 9.73 Å². The minimum Gasteiger partial charge on any atom is -0.465 e. The average Bonchev–Trinajstić information content (AvgIpc) is 2.99. The number of furan rings is 1. The minimum atomic E-state index is -0.203. The first kappa shape index (κ1) is 15.6. The van der Waals surface area contributed by atoms with Gasteiger partial charge in [-0.2, -0.15) is 5.10 Å². The Kier molecular flexibility index (Phi) is 5.54. The Bertz CT molecular complexity index is 653. The fourth-order valence-corrected chi connectivity index (χ4v) is 1.98. The number of hydrogen-bond acceptors (Lipinski definition) is 4. The van der Waals surface area contributed by atoms with Gasteiger partial charge in [0.1, 0.15) is 5.76 Å². The first-order chi connectivity index (χ1) is 10.7.